The molecule has 2 N–H and O–H groups in total. The van der Waals surface area contributed by atoms with Gasteiger partial charge in [-0.3, -0.25) is 0 Å². The van der Waals surface area contributed by atoms with E-state index in [0.29, 0.717) is 5.82 Å². The second-order valence-electron chi connectivity index (χ2n) is 4.07. The largest absolute Gasteiger partial charge is 0.383 e. The summed E-state index contributed by atoms with van der Waals surface area (Å²) in [6.07, 6.45) is 0. The first-order chi connectivity index (χ1) is 9.13. The number of thiazole rings is 1. The minimum absolute atomic E-state index is 0.556. The lowest BCUT2D eigenvalue weighted by Gasteiger charge is -2.00. The Bertz CT molecular complexity index is 712. The van der Waals surface area contributed by atoms with Gasteiger partial charge in [0, 0.05) is 4.88 Å². The Balaban J connectivity index is 1.81. The number of aromatic nitrogens is 3. The van der Waals surface area contributed by atoms with Crippen molar-refractivity contribution in [1.29, 1.82) is 0 Å². The molecule has 3 aromatic rings. The average molecular weight is 308 g/mol. The molecule has 3 rings (SSSR count). The lowest BCUT2D eigenvalue weighted by molar-refractivity contribution is 1.02. The summed E-state index contributed by atoms with van der Waals surface area (Å²) >= 11 is 4.89. The maximum absolute atomic E-state index is 5.93. The smallest absolute Gasteiger partial charge is 0.191 e. The van der Waals surface area contributed by atoms with Crippen LogP contribution in [0.5, 0.6) is 0 Å². The van der Waals surface area contributed by atoms with Gasteiger partial charge in [0.1, 0.15) is 15.7 Å². The number of thiophene rings is 1. The van der Waals surface area contributed by atoms with Gasteiger partial charge >= 0.3 is 0 Å². The highest BCUT2D eigenvalue weighted by molar-refractivity contribution is 7.98. The summed E-state index contributed by atoms with van der Waals surface area (Å²) in [6.45, 7) is 4.12. The molecule has 0 saturated heterocycles. The number of anilines is 1. The molecule has 0 unspecified atom stereocenters. The normalized spacial score (nSPS) is 11.3. The molecule has 0 atom stereocenters. The quantitative estimate of drug-likeness (QED) is 0.591. The van der Waals surface area contributed by atoms with E-state index in [1.165, 1.54) is 4.88 Å². The summed E-state index contributed by atoms with van der Waals surface area (Å²) in [5, 5.41) is 4.75. The summed E-state index contributed by atoms with van der Waals surface area (Å²) in [6, 6.07) is 1.96. The van der Waals surface area contributed by atoms with Crippen LogP contribution >= 0.6 is 34.4 Å². The van der Waals surface area contributed by atoms with Crippen molar-refractivity contribution in [2.24, 2.45) is 0 Å². The SMILES string of the molecule is Cc1nc(CSc2nc(N)c3ccsc3n2)sc1C. The zero-order chi connectivity index (χ0) is 13.4. The molecule has 0 aliphatic heterocycles. The van der Waals surface area contributed by atoms with Gasteiger partial charge in [0.2, 0.25) is 0 Å². The van der Waals surface area contributed by atoms with Crippen molar-refractivity contribution >= 4 is 50.5 Å². The fourth-order valence-corrected chi connectivity index (χ4v) is 4.26. The van der Waals surface area contributed by atoms with Gasteiger partial charge < -0.3 is 5.73 Å². The molecule has 0 fully saturated rings. The molecule has 7 heteroatoms. The third kappa shape index (κ3) is 2.58. The second-order valence-corrected chi connectivity index (χ2v) is 7.19. The van der Waals surface area contributed by atoms with Crippen LogP contribution in [0.2, 0.25) is 0 Å². The van der Waals surface area contributed by atoms with Crippen LogP contribution in [0.25, 0.3) is 10.2 Å². The highest BCUT2D eigenvalue weighted by Crippen LogP contribution is 2.29. The number of hydrogen-bond donors (Lipinski definition) is 1. The van der Waals surface area contributed by atoms with Crippen molar-refractivity contribution in [3.05, 3.63) is 27.0 Å². The molecular formula is C12H12N4S3. The summed E-state index contributed by atoms with van der Waals surface area (Å²) < 4.78 is 0. The molecule has 0 aromatic carbocycles. The Morgan fingerprint density at radius 2 is 2.11 bits per heavy atom. The molecular weight excluding hydrogens is 296 g/mol. The van der Waals surface area contributed by atoms with Gasteiger partial charge in [0.25, 0.3) is 0 Å². The third-order valence-electron chi connectivity index (χ3n) is 2.73. The lowest BCUT2D eigenvalue weighted by Crippen LogP contribution is -1.95. The average Bonchev–Trinajstić information content (AvgIpc) is 2.95. The summed E-state index contributed by atoms with van der Waals surface area (Å²) in [7, 11) is 0. The number of fused-ring (bicyclic) bond motifs is 1. The first kappa shape index (κ1) is 12.8. The summed E-state index contributed by atoms with van der Waals surface area (Å²) in [5.41, 5.74) is 7.03. The molecule has 19 heavy (non-hydrogen) atoms. The number of hydrogen-bond acceptors (Lipinski definition) is 7. The summed E-state index contributed by atoms with van der Waals surface area (Å²) in [4.78, 5) is 15.6. The van der Waals surface area contributed by atoms with E-state index < -0.39 is 0 Å². The summed E-state index contributed by atoms with van der Waals surface area (Å²) in [5.74, 6) is 1.34. The van der Waals surface area contributed by atoms with Crippen LogP contribution in [-0.4, -0.2) is 15.0 Å². The van der Waals surface area contributed by atoms with Gasteiger partial charge in [0.15, 0.2) is 5.16 Å². The van der Waals surface area contributed by atoms with Crippen molar-refractivity contribution < 1.29 is 0 Å². The van der Waals surface area contributed by atoms with Crippen molar-refractivity contribution in [3.8, 4) is 0 Å². The highest BCUT2D eigenvalue weighted by Gasteiger charge is 2.09. The fourth-order valence-electron chi connectivity index (χ4n) is 1.65. The first-order valence-corrected chi connectivity index (χ1v) is 8.38. The molecule has 98 valence electrons. The monoisotopic (exact) mass is 308 g/mol. The van der Waals surface area contributed by atoms with Crippen LogP contribution in [0.3, 0.4) is 0 Å². The van der Waals surface area contributed by atoms with Crippen molar-refractivity contribution in [2.75, 3.05) is 5.73 Å². The topological polar surface area (TPSA) is 64.7 Å². The Morgan fingerprint density at radius 1 is 1.26 bits per heavy atom. The van der Waals surface area contributed by atoms with Crippen LogP contribution in [0.1, 0.15) is 15.6 Å². The van der Waals surface area contributed by atoms with Crippen LogP contribution < -0.4 is 5.73 Å². The molecule has 0 spiro atoms. The number of aryl methyl sites for hydroxylation is 2. The maximum Gasteiger partial charge on any atom is 0.191 e. The van der Waals surface area contributed by atoms with E-state index >= 15 is 0 Å². The Morgan fingerprint density at radius 3 is 2.84 bits per heavy atom. The van der Waals surface area contributed by atoms with Crippen LogP contribution in [0, 0.1) is 13.8 Å². The van der Waals surface area contributed by atoms with E-state index in [1.54, 1.807) is 34.4 Å². The zero-order valence-electron chi connectivity index (χ0n) is 10.5. The predicted molar refractivity (Wildman–Crippen MR) is 83.0 cm³/mol. The van der Waals surface area contributed by atoms with Gasteiger partial charge in [-0.1, -0.05) is 11.8 Å². The molecule has 0 aliphatic rings. The lowest BCUT2D eigenvalue weighted by atomic mass is 10.4. The number of rotatable bonds is 3. The Hall–Kier alpha value is -1.18. The Labute approximate surface area is 123 Å². The molecule has 0 amide bonds. The van der Waals surface area contributed by atoms with Gasteiger partial charge in [-0.15, -0.1) is 22.7 Å². The number of nitrogens with two attached hydrogens (primary N) is 1. The molecule has 0 aliphatic carbocycles. The van der Waals surface area contributed by atoms with Crippen LogP contribution in [-0.2, 0) is 5.75 Å². The van der Waals surface area contributed by atoms with Crippen molar-refractivity contribution in [3.63, 3.8) is 0 Å². The van der Waals surface area contributed by atoms with E-state index in [2.05, 4.69) is 21.9 Å². The molecule has 0 bridgehead atoms. The van der Waals surface area contributed by atoms with Crippen LogP contribution in [0.4, 0.5) is 5.82 Å². The van der Waals surface area contributed by atoms with Crippen LogP contribution in [0.15, 0.2) is 16.6 Å². The predicted octanol–water partition coefficient (Wildman–Crippen LogP) is 3.64. The minimum Gasteiger partial charge on any atom is -0.383 e. The third-order valence-corrected chi connectivity index (χ3v) is 5.65. The fraction of sp³-hybridized carbons (Fsp3) is 0.250. The first-order valence-electron chi connectivity index (χ1n) is 5.70. The van der Waals surface area contributed by atoms with E-state index in [-0.39, 0.29) is 0 Å². The number of nitrogens with zero attached hydrogens (tertiary/aromatic N) is 3. The molecule has 3 aromatic heterocycles. The van der Waals surface area contributed by atoms with E-state index in [4.69, 9.17) is 5.73 Å². The molecule has 0 radical (unpaired) electrons. The molecule has 3 heterocycles. The van der Waals surface area contributed by atoms with Gasteiger partial charge in [-0.05, 0) is 25.3 Å². The maximum atomic E-state index is 5.93. The standard InChI is InChI=1S/C12H12N4S3/c1-6-7(2)19-9(14-6)5-18-12-15-10(13)8-3-4-17-11(8)16-12/h3-4H,5H2,1-2H3,(H2,13,15,16). The van der Waals surface area contributed by atoms with Gasteiger partial charge in [-0.2, -0.15) is 0 Å². The molecule has 4 nitrogen and oxygen atoms in total. The Kier molecular flexibility index (Phi) is 3.42. The van der Waals surface area contributed by atoms with E-state index in [9.17, 15) is 0 Å². The highest BCUT2D eigenvalue weighted by atomic mass is 32.2. The van der Waals surface area contributed by atoms with E-state index in [1.807, 2.05) is 18.4 Å². The van der Waals surface area contributed by atoms with Crippen molar-refractivity contribution in [1.82, 2.24) is 15.0 Å². The van der Waals surface area contributed by atoms with Gasteiger partial charge in [0.05, 0.1) is 16.8 Å². The number of nitrogen functional groups attached to an aromatic ring is 1. The van der Waals surface area contributed by atoms with Gasteiger partial charge in [-0.25, -0.2) is 15.0 Å². The number of thioether (sulfide) groups is 1. The zero-order valence-corrected chi connectivity index (χ0v) is 13.0. The minimum atomic E-state index is 0.556. The van der Waals surface area contributed by atoms with E-state index in [0.717, 1.165) is 31.8 Å². The second kappa shape index (κ2) is 5.07. The molecule has 0 saturated carbocycles. The van der Waals surface area contributed by atoms with Crippen molar-refractivity contribution in [2.45, 2.75) is 24.8 Å².